The van der Waals surface area contributed by atoms with Gasteiger partial charge in [0.2, 0.25) is 0 Å². The van der Waals surface area contributed by atoms with E-state index in [9.17, 15) is 9.59 Å². The molecule has 1 aromatic heterocycles. The predicted molar refractivity (Wildman–Crippen MR) is 73.4 cm³/mol. The number of nitrogens with two attached hydrogens (primary N) is 1. The van der Waals surface area contributed by atoms with E-state index in [0.29, 0.717) is 8.45 Å². The number of rotatable bonds is 4. The topological polar surface area (TPSA) is 78.6 Å². The van der Waals surface area contributed by atoms with Crippen LogP contribution >= 0.6 is 33.9 Å². The van der Waals surface area contributed by atoms with Crippen molar-refractivity contribution in [3.05, 3.63) is 14.0 Å². The highest BCUT2D eigenvalue weighted by molar-refractivity contribution is 14.1. The second kappa shape index (κ2) is 6.20. The third-order valence-electron chi connectivity index (χ3n) is 1.82. The molecule has 0 fully saturated rings. The smallest absolute Gasteiger partial charge is 0.349 e. The number of nitrogen functional groups attached to an aromatic ring is 1. The minimum absolute atomic E-state index is 0.250. The van der Waals surface area contributed by atoms with Gasteiger partial charge in [-0.15, -0.1) is 11.3 Å². The van der Waals surface area contributed by atoms with Crippen LogP contribution in [0.25, 0.3) is 0 Å². The summed E-state index contributed by atoms with van der Waals surface area (Å²) in [6.07, 6.45) is 0. The maximum Gasteiger partial charge on any atom is 0.349 e. The number of halogens is 1. The van der Waals surface area contributed by atoms with Crippen molar-refractivity contribution in [2.45, 2.75) is 13.8 Å². The van der Waals surface area contributed by atoms with Gasteiger partial charge in [-0.05, 0) is 36.4 Å². The van der Waals surface area contributed by atoms with Crippen LogP contribution in [-0.2, 0) is 9.47 Å². The van der Waals surface area contributed by atoms with Gasteiger partial charge in [-0.1, -0.05) is 0 Å². The average Bonchev–Trinajstić information content (AvgIpc) is 2.55. The van der Waals surface area contributed by atoms with E-state index in [2.05, 4.69) is 0 Å². The lowest BCUT2D eigenvalue weighted by Crippen LogP contribution is -2.09. The number of hydrogen-bond acceptors (Lipinski definition) is 6. The van der Waals surface area contributed by atoms with Gasteiger partial charge in [0.05, 0.1) is 16.8 Å². The number of esters is 2. The summed E-state index contributed by atoms with van der Waals surface area (Å²) < 4.78 is 10.2. The Kier molecular flexibility index (Phi) is 5.19. The van der Waals surface area contributed by atoms with Crippen LogP contribution in [0.1, 0.15) is 33.9 Å². The number of carbonyl (C=O) groups excluding carboxylic acids is 2. The molecule has 7 heteroatoms. The van der Waals surface area contributed by atoms with E-state index < -0.39 is 11.9 Å². The molecule has 0 saturated carbocycles. The predicted octanol–water partition coefficient (Wildman–Crippen LogP) is 2.29. The molecule has 0 aliphatic heterocycles. The molecule has 0 amide bonds. The van der Waals surface area contributed by atoms with Crippen LogP contribution < -0.4 is 5.73 Å². The summed E-state index contributed by atoms with van der Waals surface area (Å²) in [5, 5.41) is 0.274. The standard InChI is InChI=1S/C10H12INO4S/c1-3-15-9(13)5-6(11)7(17-8(5)12)10(14)16-4-2/h3-4,12H2,1-2H3. The molecule has 94 valence electrons. The molecule has 17 heavy (non-hydrogen) atoms. The van der Waals surface area contributed by atoms with Crippen molar-refractivity contribution in [1.82, 2.24) is 0 Å². The van der Waals surface area contributed by atoms with Crippen LogP contribution in [0.15, 0.2) is 0 Å². The first-order valence-corrected chi connectivity index (χ1v) is 6.84. The molecule has 0 aliphatic rings. The molecule has 0 bridgehead atoms. The third-order valence-corrected chi connectivity index (χ3v) is 4.26. The van der Waals surface area contributed by atoms with Crippen LogP contribution in [0.5, 0.6) is 0 Å². The van der Waals surface area contributed by atoms with E-state index in [1.807, 2.05) is 22.6 Å². The molecule has 0 aliphatic carbocycles. The lowest BCUT2D eigenvalue weighted by atomic mass is 10.3. The lowest BCUT2D eigenvalue weighted by Gasteiger charge is -2.01. The number of carbonyl (C=O) groups is 2. The number of thiophene rings is 1. The average molecular weight is 369 g/mol. The molecular weight excluding hydrogens is 357 g/mol. The largest absolute Gasteiger partial charge is 0.462 e. The first-order valence-electron chi connectivity index (χ1n) is 4.94. The van der Waals surface area contributed by atoms with Crippen LogP contribution in [0, 0.1) is 3.57 Å². The zero-order chi connectivity index (χ0) is 13.0. The highest BCUT2D eigenvalue weighted by Crippen LogP contribution is 2.33. The fraction of sp³-hybridized carbons (Fsp3) is 0.400. The van der Waals surface area contributed by atoms with Crippen molar-refractivity contribution in [3.63, 3.8) is 0 Å². The SMILES string of the molecule is CCOC(=O)c1sc(N)c(C(=O)OCC)c1I. The number of anilines is 1. The van der Waals surface area contributed by atoms with Crippen molar-refractivity contribution < 1.29 is 19.1 Å². The van der Waals surface area contributed by atoms with Crippen molar-refractivity contribution in [2.75, 3.05) is 18.9 Å². The molecule has 0 atom stereocenters. The van der Waals surface area contributed by atoms with Gasteiger partial charge in [0, 0.05) is 0 Å². The molecule has 0 aromatic carbocycles. The van der Waals surface area contributed by atoms with Crippen molar-refractivity contribution in [1.29, 1.82) is 0 Å². The molecule has 2 N–H and O–H groups in total. The summed E-state index contributed by atoms with van der Waals surface area (Å²) in [5.74, 6) is -0.981. The van der Waals surface area contributed by atoms with Gasteiger partial charge in [0.1, 0.15) is 15.4 Å². The summed E-state index contributed by atoms with van der Waals surface area (Å²) in [4.78, 5) is 23.6. The van der Waals surface area contributed by atoms with Crippen molar-refractivity contribution in [3.8, 4) is 0 Å². The lowest BCUT2D eigenvalue weighted by molar-refractivity contribution is 0.0527. The summed E-state index contributed by atoms with van der Waals surface area (Å²) in [6.45, 7) is 3.97. The monoisotopic (exact) mass is 369 g/mol. The van der Waals surface area contributed by atoms with Gasteiger partial charge in [0.25, 0.3) is 0 Å². The van der Waals surface area contributed by atoms with Crippen LogP contribution in [0.3, 0.4) is 0 Å². The molecule has 0 radical (unpaired) electrons. The quantitative estimate of drug-likeness (QED) is 0.651. The fourth-order valence-electron chi connectivity index (χ4n) is 1.15. The van der Waals surface area contributed by atoms with Crippen LogP contribution in [-0.4, -0.2) is 25.2 Å². The molecule has 5 nitrogen and oxygen atoms in total. The second-order valence-corrected chi connectivity index (χ2v) is 5.06. The highest BCUT2D eigenvalue weighted by atomic mass is 127. The Labute approximate surface area is 116 Å². The Morgan fingerprint density at radius 1 is 1.24 bits per heavy atom. The molecule has 0 saturated heterocycles. The fourth-order valence-corrected chi connectivity index (χ4v) is 3.23. The van der Waals surface area contributed by atoms with E-state index in [4.69, 9.17) is 15.2 Å². The summed E-state index contributed by atoms with van der Waals surface area (Å²) in [6, 6.07) is 0. The maximum atomic E-state index is 11.6. The van der Waals surface area contributed by atoms with Crippen molar-refractivity contribution >= 4 is 50.9 Å². The van der Waals surface area contributed by atoms with Gasteiger partial charge in [-0.2, -0.15) is 0 Å². The van der Waals surface area contributed by atoms with Crippen LogP contribution in [0.2, 0.25) is 0 Å². The Morgan fingerprint density at radius 2 is 1.76 bits per heavy atom. The zero-order valence-electron chi connectivity index (χ0n) is 9.41. The van der Waals surface area contributed by atoms with Gasteiger partial charge < -0.3 is 15.2 Å². The van der Waals surface area contributed by atoms with E-state index >= 15 is 0 Å². The molecule has 0 spiro atoms. The Bertz CT molecular complexity index is 444. The van der Waals surface area contributed by atoms with E-state index in [1.165, 1.54) is 0 Å². The van der Waals surface area contributed by atoms with Gasteiger partial charge >= 0.3 is 11.9 Å². The maximum absolute atomic E-state index is 11.6. The first-order chi connectivity index (χ1) is 8.02. The van der Waals surface area contributed by atoms with Gasteiger partial charge in [-0.25, -0.2) is 9.59 Å². The third kappa shape index (κ3) is 3.09. The van der Waals surface area contributed by atoms with Crippen LogP contribution in [0.4, 0.5) is 5.00 Å². The summed E-state index contributed by atoms with van der Waals surface area (Å²) in [7, 11) is 0. The molecular formula is C10H12INO4S. The van der Waals surface area contributed by atoms with E-state index in [0.717, 1.165) is 11.3 Å². The van der Waals surface area contributed by atoms with Gasteiger partial charge in [0.15, 0.2) is 0 Å². The van der Waals surface area contributed by atoms with E-state index in [-0.39, 0.29) is 23.8 Å². The molecule has 1 aromatic rings. The minimum Gasteiger partial charge on any atom is -0.462 e. The zero-order valence-corrected chi connectivity index (χ0v) is 12.4. The number of ether oxygens (including phenoxy) is 2. The van der Waals surface area contributed by atoms with Gasteiger partial charge in [-0.3, -0.25) is 0 Å². The van der Waals surface area contributed by atoms with E-state index in [1.54, 1.807) is 13.8 Å². The molecule has 1 rings (SSSR count). The first kappa shape index (κ1) is 14.2. The Balaban J connectivity index is 3.09. The number of hydrogen-bond donors (Lipinski definition) is 1. The second-order valence-electron chi connectivity index (χ2n) is 2.93. The highest BCUT2D eigenvalue weighted by Gasteiger charge is 2.25. The minimum atomic E-state index is -0.513. The Hall–Kier alpha value is -0.830. The molecule has 0 unspecified atom stereocenters. The summed E-state index contributed by atoms with van der Waals surface area (Å²) in [5.41, 5.74) is 5.96. The summed E-state index contributed by atoms with van der Waals surface area (Å²) >= 11 is 2.94. The molecule has 1 heterocycles. The van der Waals surface area contributed by atoms with Crippen molar-refractivity contribution in [2.24, 2.45) is 0 Å². The Morgan fingerprint density at radius 3 is 2.29 bits per heavy atom. The normalized spacial score (nSPS) is 10.1.